The summed E-state index contributed by atoms with van der Waals surface area (Å²) in [5, 5.41) is 4.21. The Balaban J connectivity index is 2.17. The van der Waals surface area contributed by atoms with Crippen LogP contribution in [0, 0.1) is 0 Å². The van der Waals surface area contributed by atoms with Gasteiger partial charge in [-0.1, -0.05) is 30.3 Å². The van der Waals surface area contributed by atoms with Gasteiger partial charge in [-0.25, -0.2) is 4.79 Å². The molecule has 0 aliphatic heterocycles. The maximum atomic E-state index is 11.5. The third-order valence-electron chi connectivity index (χ3n) is 2.79. The average Bonchev–Trinajstić information content (AvgIpc) is 2.89. The normalized spacial score (nSPS) is 12.1. The van der Waals surface area contributed by atoms with E-state index < -0.39 is 0 Å². The summed E-state index contributed by atoms with van der Waals surface area (Å²) in [7, 11) is 0. The zero-order valence-corrected chi connectivity index (χ0v) is 10.5. The molecule has 0 N–H and O–H groups in total. The van der Waals surface area contributed by atoms with Crippen LogP contribution in [0.25, 0.3) is 0 Å². The zero-order valence-electron chi connectivity index (χ0n) is 10.5. The fourth-order valence-corrected chi connectivity index (χ4v) is 1.75. The molecule has 4 heteroatoms. The summed E-state index contributed by atoms with van der Waals surface area (Å²) in [6.45, 7) is 4.20. The lowest BCUT2D eigenvalue weighted by molar-refractivity contribution is 0.0526. The van der Waals surface area contributed by atoms with Crippen LogP contribution in [0.15, 0.2) is 42.7 Å². The van der Waals surface area contributed by atoms with E-state index in [0.717, 1.165) is 5.56 Å². The number of nitrogens with zero attached hydrogens (tertiary/aromatic N) is 2. The highest BCUT2D eigenvalue weighted by atomic mass is 16.5. The lowest BCUT2D eigenvalue weighted by Gasteiger charge is -2.11. The molecule has 1 unspecified atom stereocenters. The number of aromatic nitrogens is 2. The average molecular weight is 244 g/mol. The molecular weight excluding hydrogens is 228 g/mol. The van der Waals surface area contributed by atoms with Gasteiger partial charge in [0.05, 0.1) is 24.4 Å². The van der Waals surface area contributed by atoms with Gasteiger partial charge < -0.3 is 4.74 Å². The van der Waals surface area contributed by atoms with Crippen molar-refractivity contribution in [2.75, 3.05) is 6.61 Å². The molecule has 2 aromatic rings. The molecule has 0 saturated heterocycles. The summed E-state index contributed by atoms with van der Waals surface area (Å²) < 4.78 is 6.70. The van der Waals surface area contributed by atoms with Crippen LogP contribution in [0.4, 0.5) is 0 Å². The second-order valence-corrected chi connectivity index (χ2v) is 4.02. The Labute approximate surface area is 106 Å². The third kappa shape index (κ3) is 2.59. The molecule has 0 amide bonds. The van der Waals surface area contributed by atoms with E-state index in [-0.39, 0.29) is 12.0 Å². The molecular formula is C14H16N2O2. The number of rotatable bonds is 4. The molecule has 0 spiro atoms. The monoisotopic (exact) mass is 244 g/mol. The number of hydrogen-bond donors (Lipinski definition) is 0. The van der Waals surface area contributed by atoms with Gasteiger partial charge in [0.2, 0.25) is 0 Å². The molecule has 1 atom stereocenters. The minimum absolute atomic E-state index is 0.0920. The van der Waals surface area contributed by atoms with Crippen LogP contribution in [-0.4, -0.2) is 22.4 Å². The number of ether oxygens (including phenoxy) is 1. The molecule has 1 heterocycles. The minimum Gasteiger partial charge on any atom is -0.462 e. The molecule has 0 bridgehead atoms. The van der Waals surface area contributed by atoms with E-state index in [1.807, 2.05) is 37.3 Å². The largest absolute Gasteiger partial charge is 0.462 e. The van der Waals surface area contributed by atoms with Crippen molar-refractivity contribution >= 4 is 5.97 Å². The Kier molecular flexibility index (Phi) is 3.77. The summed E-state index contributed by atoms with van der Waals surface area (Å²) in [6, 6.07) is 10.1. The first kappa shape index (κ1) is 12.4. The fraction of sp³-hybridized carbons (Fsp3) is 0.286. The number of esters is 1. The number of carbonyl (C=O) groups is 1. The van der Waals surface area contributed by atoms with Crippen LogP contribution in [-0.2, 0) is 4.74 Å². The van der Waals surface area contributed by atoms with Gasteiger partial charge in [-0.3, -0.25) is 4.68 Å². The number of carbonyl (C=O) groups excluding carboxylic acids is 1. The van der Waals surface area contributed by atoms with E-state index in [0.29, 0.717) is 12.2 Å². The van der Waals surface area contributed by atoms with Gasteiger partial charge in [0, 0.05) is 6.20 Å². The SMILES string of the molecule is CCOC(=O)c1cnn(C(C)c2ccccc2)c1. The predicted molar refractivity (Wildman–Crippen MR) is 68.4 cm³/mol. The van der Waals surface area contributed by atoms with Crippen LogP contribution in [0.3, 0.4) is 0 Å². The van der Waals surface area contributed by atoms with Crippen molar-refractivity contribution in [3.8, 4) is 0 Å². The highest BCUT2D eigenvalue weighted by Crippen LogP contribution is 2.17. The second-order valence-electron chi connectivity index (χ2n) is 4.02. The van der Waals surface area contributed by atoms with Crippen molar-refractivity contribution in [1.29, 1.82) is 0 Å². The maximum Gasteiger partial charge on any atom is 0.341 e. The Morgan fingerprint density at radius 3 is 2.78 bits per heavy atom. The van der Waals surface area contributed by atoms with Gasteiger partial charge in [0.25, 0.3) is 0 Å². The number of hydrogen-bond acceptors (Lipinski definition) is 3. The van der Waals surface area contributed by atoms with Gasteiger partial charge >= 0.3 is 5.97 Å². The van der Waals surface area contributed by atoms with Gasteiger partial charge in [-0.15, -0.1) is 0 Å². The molecule has 94 valence electrons. The molecule has 2 rings (SSSR count). The summed E-state index contributed by atoms with van der Waals surface area (Å²) >= 11 is 0. The molecule has 0 fully saturated rings. The summed E-state index contributed by atoms with van der Waals surface area (Å²) in [5.74, 6) is -0.330. The van der Waals surface area contributed by atoms with Crippen molar-refractivity contribution in [1.82, 2.24) is 9.78 Å². The lowest BCUT2D eigenvalue weighted by Crippen LogP contribution is -2.07. The van der Waals surface area contributed by atoms with E-state index in [9.17, 15) is 4.79 Å². The first-order valence-corrected chi connectivity index (χ1v) is 5.98. The highest BCUT2D eigenvalue weighted by Gasteiger charge is 2.13. The van der Waals surface area contributed by atoms with Crippen molar-refractivity contribution in [2.24, 2.45) is 0 Å². The quantitative estimate of drug-likeness (QED) is 0.777. The Morgan fingerprint density at radius 1 is 1.39 bits per heavy atom. The van der Waals surface area contributed by atoms with Crippen molar-refractivity contribution in [2.45, 2.75) is 19.9 Å². The lowest BCUT2D eigenvalue weighted by atomic mass is 10.1. The van der Waals surface area contributed by atoms with Crippen molar-refractivity contribution in [3.63, 3.8) is 0 Å². The van der Waals surface area contributed by atoms with E-state index in [2.05, 4.69) is 5.10 Å². The van der Waals surface area contributed by atoms with E-state index in [1.165, 1.54) is 6.20 Å². The smallest absolute Gasteiger partial charge is 0.341 e. The first-order valence-electron chi connectivity index (χ1n) is 5.98. The molecule has 0 aliphatic rings. The second kappa shape index (κ2) is 5.49. The molecule has 1 aromatic carbocycles. The van der Waals surface area contributed by atoms with Crippen molar-refractivity contribution < 1.29 is 9.53 Å². The van der Waals surface area contributed by atoms with Crippen LogP contribution in [0.1, 0.15) is 35.8 Å². The van der Waals surface area contributed by atoms with Crippen LogP contribution in [0.5, 0.6) is 0 Å². The predicted octanol–water partition coefficient (Wildman–Crippen LogP) is 2.67. The Hall–Kier alpha value is -2.10. The molecule has 0 radical (unpaired) electrons. The van der Waals surface area contributed by atoms with Crippen LogP contribution < -0.4 is 0 Å². The molecule has 18 heavy (non-hydrogen) atoms. The Morgan fingerprint density at radius 2 is 2.11 bits per heavy atom. The molecule has 0 aliphatic carbocycles. The summed E-state index contributed by atoms with van der Waals surface area (Å²) in [4.78, 5) is 11.5. The van der Waals surface area contributed by atoms with Crippen LogP contribution >= 0.6 is 0 Å². The van der Waals surface area contributed by atoms with Gasteiger partial charge in [-0.05, 0) is 19.4 Å². The summed E-state index contributed by atoms with van der Waals surface area (Å²) in [5.41, 5.74) is 1.63. The number of benzene rings is 1. The summed E-state index contributed by atoms with van der Waals surface area (Å²) in [6.07, 6.45) is 3.26. The first-order chi connectivity index (χ1) is 8.72. The topological polar surface area (TPSA) is 44.1 Å². The van der Waals surface area contributed by atoms with E-state index in [4.69, 9.17) is 4.74 Å². The third-order valence-corrected chi connectivity index (χ3v) is 2.79. The maximum absolute atomic E-state index is 11.5. The standard InChI is InChI=1S/C14H16N2O2/c1-3-18-14(17)13-9-15-16(10-13)11(2)12-7-5-4-6-8-12/h4-11H,3H2,1-2H3. The fourth-order valence-electron chi connectivity index (χ4n) is 1.75. The molecule has 1 aromatic heterocycles. The van der Waals surface area contributed by atoms with Gasteiger partial charge in [0.15, 0.2) is 0 Å². The molecule has 4 nitrogen and oxygen atoms in total. The van der Waals surface area contributed by atoms with Crippen molar-refractivity contribution in [3.05, 3.63) is 53.9 Å². The Bertz CT molecular complexity index is 520. The van der Waals surface area contributed by atoms with E-state index in [1.54, 1.807) is 17.8 Å². The van der Waals surface area contributed by atoms with Crippen LogP contribution in [0.2, 0.25) is 0 Å². The minimum atomic E-state index is -0.330. The highest BCUT2D eigenvalue weighted by molar-refractivity contribution is 5.88. The zero-order chi connectivity index (χ0) is 13.0. The van der Waals surface area contributed by atoms with E-state index >= 15 is 0 Å². The van der Waals surface area contributed by atoms with Gasteiger partial charge in [0.1, 0.15) is 0 Å². The molecule has 0 saturated carbocycles. The van der Waals surface area contributed by atoms with Gasteiger partial charge in [-0.2, -0.15) is 5.10 Å².